The van der Waals surface area contributed by atoms with Gasteiger partial charge < -0.3 is 9.47 Å². The number of nitrogens with zero attached hydrogens (tertiary/aromatic N) is 1. The highest BCUT2D eigenvalue weighted by molar-refractivity contribution is 6.05. The molecule has 1 heterocycles. The number of imide groups is 1. The van der Waals surface area contributed by atoms with Crippen LogP contribution in [0.25, 0.3) is 0 Å². The van der Waals surface area contributed by atoms with E-state index in [0.717, 1.165) is 4.90 Å². The van der Waals surface area contributed by atoms with Crippen LogP contribution in [-0.2, 0) is 19.1 Å². The lowest BCUT2D eigenvalue weighted by Gasteiger charge is -2.45. The average Bonchev–Trinajstić information content (AvgIpc) is 2.53. The minimum Gasteiger partial charge on any atom is -0.458 e. The van der Waals surface area contributed by atoms with Gasteiger partial charge in [-0.25, -0.2) is 14.5 Å². The van der Waals surface area contributed by atoms with Gasteiger partial charge in [-0.2, -0.15) is 0 Å². The van der Waals surface area contributed by atoms with Gasteiger partial charge in [0.05, 0.1) is 0 Å². The molecule has 1 aliphatic rings. The van der Waals surface area contributed by atoms with Crippen LogP contribution in [0.4, 0.5) is 4.79 Å². The number of amides is 2. The van der Waals surface area contributed by atoms with Gasteiger partial charge in [0.25, 0.3) is 0 Å². The van der Waals surface area contributed by atoms with Crippen LogP contribution in [-0.4, -0.2) is 39.6 Å². The van der Waals surface area contributed by atoms with E-state index in [0.29, 0.717) is 0 Å². The maximum atomic E-state index is 13.3. The van der Waals surface area contributed by atoms with Crippen molar-refractivity contribution >= 4 is 18.0 Å². The number of carbonyl (C=O) groups is 3. The fourth-order valence-corrected chi connectivity index (χ4v) is 3.25. The standard InChI is InChI=1S/C20H35NO5/c1-16(2,3)20(14(23)25-17(4,5)6)12-19(10,11)13(22)21(20)15(24)26-18(7,8)9/h12H2,1-11H3/t20-/m0/s1. The smallest absolute Gasteiger partial charge is 0.418 e. The molecule has 1 saturated heterocycles. The first-order valence-corrected chi connectivity index (χ1v) is 9.06. The molecule has 6 nitrogen and oxygen atoms in total. The SMILES string of the molecule is CC(C)(C)OC(=O)N1C(=O)C(C)(C)C[C@]1(C(=O)OC(C)(C)C)C(C)(C)C. The van der Waals surface area contributed by atoms with Gasteiger partial charge in [0.1, 0.15) is 11.2 Å². The Balaban J connectivity index is 3.60. The summed E-state index contributed by atoms with van der Waals surface area (Å²) in [6, 6.07) is 0. The van der Waals surface area contributed by atoms with E-state index in [9.17, 15) is 14.4 Å². The molecule has 150 valence electrons. The first-order chi connectivity index (χ1) is 11.2. The van der Waals surface area contributed by atoms with Crippen LogP contribution in [0.1, 0.15) is 82.6 Å². The van der Waals surface area contributed by atoms with E-state index < -0.39 is 45.5 Å². The van der Waals surface area contributed by atoms with E-state index in [1.54, 1.807) is 55.4 Å². The van der Waals surface area contributed by atoms with Crippen molar-refractivity contribution in [1.29, 1.82) is 0 Å². The maximum Gasteiger partial charge on any atom is 0.418 e. The first-order valence-electron chi connectivity index (χ1n) is 9.06. The molecule has 6 heteroatoms. The zero-order valence-electron chi connectivity index (χ0n) is 18.2. The summed E-state index contributed by atoms with van der Waals surface area (Å²) in [6.45, 7) is 19.5. The molecule has 0 aromatic rings. The maximum absolute atomic E-state index is 13.3. The van der Waals surface area contributed by atoms with Crippen LogP contribution in [0.15, 0.2) is 0 Å². The van der Waals surface area contributed by atoms with Gasteiger partial charge >= 0.3 is 12.1 Å². The fourth-order valence-electron chi connectivity index (χ4n) is 3.25. The summed E-state index contributed by atoms with van der Waals surface area (Å²) in [6.07, 6.45) is -0.634. The van der Waals surface area contributed by atoms with Gasteiger partial charge in [-0.15, -0.1) is 0 Å². The molecule has 26 heavy (non-hydrogen) atoms. The number of likely N-dealkylation sites (tertiary alicyclic amines) is 1. The monoisotopic (exact) mass is 369 g/mol. The molecule has 0 unspecified atom stereocenters. The second-order valence-corrected chi connectivity index (χ2v) is 10.8. The zero-order valence-corrected chi connectivity index (χ0v) is 18.2. The van der Waals surface area contributed by atoms with E-state index in [2.05, 4.69) is 0 Å². The van der Waals surface area contributed by atoms with Crippen LogP contribution in [0.3, 0.4) is 0 Å². The number of hydrogen-bond donors (Lipinski definition) is 0. The molecule has 1 atom stereocenters. The van der Waals surface area contributed by atoms with Gasteiger partial charge in [0.15, 0.2) is 5.54 Å². The van der Waals surface area contributed by atoms with Crippen LogP contribution in [0.5, 0.6) is 0 Å². The van der Waals surface area contributed by atoms with Gasteiger partial charge in [0.2, 0.25) is 5.91 Å². The Morgan fingerprint density at radius 3 is 1.65 bits per heavy atom. The second-order valence-electron chi connectivity index (χ2n) is 10.8. The third kappa shape index (κ3) is 4.21. The molecular weight excluding hydrogens is 334 g/mol. The third-order valence-corrected chi connectivity index (χ3v) is 4.41. The largest absolute Gasteiger partial charge is 0.458 e. The first kappa shape index (κ1) is 22.5. The highest BCUT2D eigenvalue weighted by Gasteiger charge is 2.68. The minimum atomic E-state index is -1.44. The lowest BCUT2D eigenvalue weighted by atomic mass is 9.68. The van der Waals surface area contributed by atoms with Gasteiger partial charge in [-0.3, -0.25) is 4.79 Å². The second kappa shape index (κ2) is 6.24. The van der Waals surface area contributed by atoms with Gasteiger partial charge in [-0.05, 0) is 53.4 Å². The molecule has 0 radical (unpaired) electrons. The molecule has 2 amide bonds. The van der Waals surface area contributed by atoms with Crippen molar-refractivity contribution in [3.05, 3.63) is 0 Å². The molecule has 0 aliphatic carbocycles. The normalized spacial score (nSPS) is 23.8. The van der Waals surface area contributed by atoms with Crippen LogP contribution in [0, 0.1) is 10.8 Å². The summed E-state index contributed by atoms with van der Waals surface area (Å²) >= 11 is 0. The number of carbonyl (C=O) groups excluding carboxylic acids is 3. The quantitative estimate of drug-likeness (QED) is 0.644. The molecule has 0 bridgehead atoms. The molecular formula is C20H35NO5. The Morgan fingerprint density at radius 2 is 1.31 bits per heavy atom. The fraction of sp³-hybridized carbons (Fsp3) is 0.850. The summed E-state index contributed by atoms with van der Waals surface area (Å²) < 4.78 is 11.1. The Morgan fingerprint density at radius 1 is 0.885 bits per heavy atom. The summed E-state index contributed by atoms with van der Waals surface area (Å²) in [4.78, 5) is 40.4. The third-order valence-electron chi connectivity index (χ3n) is 4.41. The predicted molar refractivity (Wildman–Crippen MR) is 99.5 cm³/mol. The molecule has 0 N–H and O–H groups in total. The molecule has 1 aliphatic heterocycles. The van der Waals surface area contributed by atoms with E-state index in [-0.39, 0.29) is 6.42 Å². The molecule has 0 saturated carbocycles. The molecule has 0 aromatic carbocycles. The Hall–Kier alpha value is -1.59. The van der Waals surface area contributed by atoms with E-state index >= 15 is 0 Å². The highest BCUT2D eigenvalue weighted by atomic mass is 16.6. The molecule has 1 fully saturated rings. The predicted octanol–water partition coefficient (Wildman–Crippen LogP) is 4.31. The summed E-state index contributed by atoms with van der Waals surface area (Å²) in [7, 11) is 0. The Bertz CT molecular complexity index is 601. The van der Waals surface area contributed by atoms with E-state index in [4.69, 9.17) is 9.47 Å². The van der Waals surface area contributed by atoms with E-state index in [1.807, 2.05) is 20.8 Å². The number of esters is 1. The van der Waals surface area contributed by atoms with Crippen LogP contribution < -0.4 is 0 Å². The lowest BCUT2D eigenvalue weighted by Crippen LogP contribution is -2.63. The topological polar surface area (TPSA) is 72.9 Å². The Labute approximate surface area is 157 Å². The molecule has 0 aromatic heterocycles. The number of ether oxygens (including phenoxy) is 2. The number of rotatable bonds is 1. The summed E-state index contributed by atoms with van der Waals surface area (Å²) in [5.74, 6) is -1.00. The summed E-state index contributed by atoms with van der Waals surface area (Å²) in [5.41, 5.74) is -4.60. The van der Waals surface area contributed by atoms with Crippen LogP contribution >= 0.6 is 0 Å². The van der Waals surface area contributed by atoms with E-state index in [1.165, 1.54) is 0 Å². The average molecular weight is 370 g/mol. The Kier molecular flexibility index (Phi) is 5.39. The van der Waals surface area contributed by atoms with Crippen molar-refractivity contribution in [1.82, 2.24) is 4.90 Å². The summed E-state index contributed by atoms with van der Waals surface area (Å²) in [5, 5.41) is 0. The van der Waals surface area contributed by atoms with Crippen molar-refractivity contribution in [3.8, 4) is 0 Å². The zero-order chi connectivity index (χ0) is 20.9. The van der Waals surface area contributed by atoms with Gasteiger partial charge in [-0.1, -0.05) is 34.6 Å². The van der Waals surface area contributed by atoms with Crippen molar-refractivity contribution in [3.63, 3.8) is 0 Å². The van der Waals surface area contributed by atoms with Crippen molar-refractivity contribution in [2.75, 3.05) is 0 Å². The van der Waals surface area contributed by atoms with Gasteiger partial charge in [0, 0.05) is 5.41 Å². The van der Waals surface area contributed by atoms with Crippen molar-refractivity contribution in [2.24, 2.45) is 10.8 Å². The number of hydrogen-bond acceptors (Lipinski definition) is 5. The van der Waals surface area contributed by atoms with Crippen molar-refractivity contribution in [2.45, 2.75) is 99.3 Å². The van der Waals surface area contributed by atoms with Crippen LogP contribution in [0.2, 0.25) is 0 Å². The highest BCUT2D eigenvalue weighted by Crippen LogP contribution is 2.52. The lowest BCUT2D eigenvalue weighted by molar-refractivity contribution is -0.177. The minimum absolute atomic E-state index is 0.177. The molecule has 1 rings (SSSR count). The van der Waals surface area contributed by atoms with Crippen molar-refractivity contribution < 1.29 is 23.9 Å². The molecule has 0 spiro atoms.